The fourth-order valence-electron chi connectivity index (χ4n) is 5.35. The van der Waals surface area contributed by atoms with Crippen molar-refractivity contribution in [3.8, 4) is 22.6 Å². The van der Waals surface area contributed by atoms with E-state index in [4.69, 9.17) is 15.0 Å². The number of aliphatic imine (C=N–C) groups is 1. The van der Waals surface area contributed by atoms with Crippen molar-refractivity contribution in [1.82, 2.24) is 9.97 Å². The quantitative estimate of drug-likeness (QED) is 0.138. The van der Waals surface area contributed by atoms with E-state index in [0.717, 1.165) is 60.7 Å². The number of allylic oxidation sites excluding steroid dienone is 2. The van der Waals surface area contributed by atoms with Gasteiger partial charge in [-0.25, -0.2) is 9.97 Å². The van der Waals surface area contributed by atoms with E-state index in [1.807, 2.05) is 49.4 Å². The van der Waals surface area contributed by atoms with Gasteiger partial charge in [0, 0.05) is 37.9 Å². The molecule has 2 heterocycles. The zero-order chi connectivity index (χ0) is 29.9. The highest BCUT2D eigenvalue weighted by Crippen LogP contribution is 2.39. The number of hydrogen-bond donors (Lipinski definition) is 0. The second-order valence-electron chi connectivity index (χ2n) is 10.6. The van der Waals surface area contributed by atoms with E-state index in [9.17, 15) is 0 Å². The average Bonchev–Trinajstić information content (AvgIpc) is 3.47. The van der Waals surface area contributed by atoms with Crippen LogP contribution in [0.15, 0.2) is 157 Å². The molecule has 4 heteroatoms. The summed E-state index contributed by atoms with van der Waals surface area (Å²) in [4.78, 5) is 16.2. The van der Waals surface area contributed by atoms with E-state index in [1.165, 1.54) is 10.1 Å². The Bertz CT molecular complexity index is 2160. The fraction of sp³-hybridized carbons (Fsp3) is 0.0250. The van der Waals surface area contributed by atoms with Gasteiger partial charge < -0.3 is 0 Å². The van der Waals surface area contributed by atoms with Crippen molar-refractivity contribution in [1.29, 1.82) is 0 Å². The molecule has 2 aromatic heterocycles. The van der Waals surface area contributed by atoms with Crippen molar-refractivity contribution in [2.45, 2.75) is 6.92 Å². The van der Waals surface area contributed by atoms with Crippen molar-refractivity contribution in [2.24, 2.45) is 4.99 Å². The summed E-state index contributed by atoms with van der Waals surface area (Å²) in [6.07, 6.45) is 2.06. The lowest BCUT2D eigenvalue weighted by Gasteiger charge is -2.10. The zero-order valence-electron chi connectivity index (χ0n) is 24.3. The van der Waals surface area contributed by atoms with E-state index in [0.29, 0.717) is 5.82 Å². The molecule has 210 valence electrons. The topological polar surface area (TPSA) is 38.1 Å². The van der Waals surface area contributed by atoms with Crippen LogP contribution in [0.3, 0.4) is 0 Å². The van der Waals surface area contributed by atoms with E-state index >= 15 is 0 Å². The Hall–Kier alpha value is -5.45. The van der Waals surface area contributed by atoms with Gasteiger partial charge in [-0.15, -0.1) is 11.3 Å². The molecule has 0 radical (unpaired) electrons. The summed E-state index contributed by atoms with van der Waals surface area (Å²) in [6, 6.07) is 47.7. The van der Waals surface area contributed by atoms with Gasteiger partial charge in [0.05, 0.1) is 11.4 Å². The molecule has 3 nitrogen and oxygen atoms in total. The number of benzene rings is 5. The van der Waals surface area contributed by atoms with Crippen molar-refractivity contribution in [3.05, 3.63) is 169 Å². The zero-order valence-corrected chi connectivity index (χ0v) is 25.1. The van der Waals surface area contributed by atoms with Crippen molar-refractivity contribution in [2.75, 3.05) is 0 Å². The lowest BCUT2D eigenvalue weighted by Crippen LogP contribution is -1.96. The first-order valence-corrected chi connectivity index (χ1v) is 15.4. The standard InChI is InChI=1S/C40H29N3S/c1-27(26-35(31-16-8-4-9-17-31)41-28(2)30-14-6-3-7-15-30)29-22-24-33(25-23-29)39-42-38(32-18-10-5-11-19-32)37-34-20-12-13-21-36(34)44-40(37)43-39/h3-26H,1H2,2H3/b35-26-,41-28?. The molecular weight excluding hydrogens is 555 g/mol. The third-order valence-electron chi connectivity index (χ3n) is 7.66. The van der Waals surface area contributed by atoms with Gasteiger partial charge in [0.25, 0.3) is 0 Å². The van der Waals surface area contributed by atoms with Gasteiger partial charge in [-0.05, 0) is 35.8 Å². The highest BCUT2D eigenvalue weighted by atomic mass is 32.1. The van der Waals surface area contributed by atoms with Gasteiger partial charge >= 0.3 is 0 Å². The van der Waals surface area contributed by atoms with Gasteiger partial charge in [0.1, 0.15) is 4.83 Å². The van der Waals surface area contributed by atoms with Crippen LogP contribution in [0.1, 0.15) is 23.6 Å². The molecule has 0 spiro atoms. The summed E-state index contributed by atoms with van der Waals surface area (Å²) < 4.78 is 1.21. The van der Waals surface area contributed by atoms with Crippen LogP contribution >= 0.6 is 11.3 Å². The van der Waals surface area contributed by atoms with E-state index in [2.05, 4.69) is 110 Å². The molecule has 5 aromatic carbocycles. The first-order chi connectivity index (χ1) is 21.6. The molecule has 0 aliphatic carbocycles. The molecule has 0 saturated heterocycles. The van der Waals surface area contributed by atoms with Crippen LogP contribution in [-0.4, -0.2) is 15.7 Å². The fourth-order valence-corrected chi connectivity index (χ4v) is 6.43. The van der Waals surface area contributed by atoms with Crippen LogP contribution in [0.4, 0.5) is 0 Å². The van der Waals surface area contributed by atoms with Gasteiger partial charge in [0.15, 0.2) is 5.82 Å². The predicted octanol–water partition coefficient (Wildman–Crippen LogP) is 10.7. The molecule has 7 rings (SSSR count). The van der Waals surface area contributed by atoms with Crippen LogP contribution < -0.4 is 0 Å². The molecule has 0 unspecified atom stereocenters. The molecule has 7 aromatic rings. The molecule has 0 bridgehead atoms. The Morgan fingerprint density at radius 3 is 1.95 bits per heavy atom. The molecule has 0 aliphatic rings. The number of hydrogen-bond acceptors (Lipinski definition) is 4. The highest BCUT2D eigenvalue weighted by Gasteiger charge is 2.16. The summed E-state index contributed by atoms with van der Waals surface area (Å²) in [5.41, 5.74) is 8.85. The summed E-state index contributed by atoms with van der Waals surface area (Å²) in [7, 11) is 0. The van der Waals surface area contributed by atoms with E-state index < -0.39 is 0 Å². The highest BCUT2D eigenvalue weighted by molar-refractivity contribution is 7.25. The molecule has 0 atom stereocenters. The van der Waals surface area contributed by atoms with E-state index in [-0.39, 0.29) is 0 Å². The summed E-state index contributed by atoms with van der Waals surface area (Å²) in [5, 5.41) is 2.30. The molecule has 0 N–H and O–H groups in total. The third kappa shape index (κ3) is 5.51. The van der Waals surface area contributed by atoms with Crippen molar-refractivity contribution < 1.29 is 0 Å². The second kappa shape index (κ2) is 12.0. The maximum absolute atomic E-state index is 5.13. The summed E-state index contributed by atoms with van der Waals surface area (Å²) >= 11 is 1.71. The minimum Gasteiger partial charge on any atom is -0.252 e. The monoisotopic (exact) mass is 583 g/mol. The number of rotatable bonds is 7. The molecule has 0 aliphatic heterocycles. The SMILES string of the molecule is C=C(/C=C(\N=C(C)c1ccccc1)c1ccccc1)c1ccc(-c2nc(-c3ccccc3)c3c(n2)sc2ccccc23)cc1. The van der Waals surface area contributed by atoms with Gasteiger partial charge in [-0.1, -0.05) is 140 Å². The van der Waals surface area contributed by atoms with Crippen LogP contribution in [-0.2, 0) is 0 Å². The first-order valence-electron chi connectivity index (χ1n) is 14.6. The Morgan fingerprint density at radius 1 is 0.636 bits per heavy atom. The van der Waals surface area contributed by atoms with Crippen LogP contribution in [0.25, 0.3) is 54.2 Å². The van der Waals surface area contributed by atoms with Crippen LogP contribution in [0, 0.1) is 0 Å². The predicted molar refractivity (Wildman–Crippen MR) is 188 cm³/mol. The molecule has 44 heavy (non-hydrogen) atoms. The first kappa shape index (κ1) is 27.4. The van der Waals surface area contributed by atoms with Gasteiger partial charge in [0.2, 0.25) is 0 Å². The number of thiophene rings is 1. The van der Waals surface area contributed by atoms with E-state index in [1.54, 1.807) is 11.3 Å². The Kier molecular flexibility index (Phi) is 7.49. The lowest BCUT2D eigenvalue weighted by molar-refractivity contribution is 1.24. The molecule has 0 fully saturated rings. The summed E-state index contributed by atoms with van der Waals surface area (Å²) in [5.74, 6) is 0.712. The van der Waals surface area contributed by atoms with Gasteiger partial charge in [-0.2, -0.15) is 0 Å². The largest absolute Gasteiger partial charge is 0.252 e. The molecule has 0 saturated carbocycles. The normalized spacial score (nSPS) is 12.1. The minimum absolute atomic E-state index is 0.712. The maximum Gasteiger partial charge on any atom is 0.161 e. The van der Waals surface area contributed by atoms with Crippen molar-refractivity contribution in [3.63, 3.8) is 0 Å². The molecular formula is C40H29N3S. The molecule has 0 amide bonds. The number of aromatic nitrogens is 2. The van der Waals surface area contributed by atoms with Crippen LogP contribution in [0.5, 0.6) is 0 Å². The maximum atomic E-state index is 5.13. The van der Waals surface area contributed by atoms with Gasteiger partial charge in [-0.3, -0.25) is 4.99 Å². The number of fused-ring (bicyclic) bond motifs is 3. The average molecular weight is 584 g/mol. The van der Waals surface area contributed by atoms with Crippen molar-refractivity contribution >= 4 is 48.6 Å². The Balaban J connectivity index is 1.26. The minimum atomic E-state index is 0.712. The second-order valence-corrected chi connectivity index (χ2v) is 11.6. The summed E-state index contributed by atoms with van der Waals surface area (Å²) in [6.45, 7) is 6.46. The lowest BCUT2D eigenvalue weighted by atomic mass is 10.0. The third-order valence-corrected chi connectivity index (χ3v) is 8.72. The number of nitrogens with zero attached hydrogens (tertiary/aromatic N) is 3. The van der Waals surface area contributed by atoms with Crippen LogP contribution in [0.2, 0.25) is 0 Å². The Morgan fingerprint density at radius 2 is 1.25 bits per heavy atom. The Labute approximate surface area is 261 Å². The smallest absolute Gasteiger partial charge is 0.161 e.